The lowest BCUT2D eigenvalue weighted by Crippen LogP contribution is -2.25. The van der Waals surface area contributed by atoms with E-state index < -0.39 is 10.0 Å². The first-order chi connectivity index (χ1) is 14.4. The highest BCUT2D eigenvalue weighted by Crippen LogP contribution is 2.29. The van der Waals surface area contributed by atoms with Gasteiger partial charge in [0, 0.05) is 39.2 Å². The van der Waals surface area contributed by atoms with E-state index >= 15 is 0 Å². The Bertz CT molecular complexity index is 1320. The third-order valence-electron chi connectivity index (χ3n) is 5.01. The maximum absolute atomic E-state index is 13.0. The molecule has 2 aromatic heterocycles. The van der Waals surface area contributed by atoms with Gasteiger partial charge in [-0.25, -0.2) is 13.1 Å². The first-order valence-corrected chi connectivity index (χ1v) is 11.6. The van der Waals surface area contributed by atoms with Crippen LogP contribution in [0, 0.1) is 6.92 Å². The highest BCUT2D eigenvalue weighted by molar-refractivity contribution is 9.10. The number of aromatic nitrogens is 2. The number of sulfonamides is 1. The van der Waals surface area contributed by atoms with E-state index in [1.807, 2.05) is 49.4 Å². The van der Waals surface area contributed by atoms with Crippen molar-refractivity contribution < 1.29 is 13.5 Å². The van der Waals surface area contributed by atoms with Crippen molar-refractivity contribution in [2.45, 2.75) is 25.1 Å². The van der Waals surface area contributed by atoms with Crippen LogP contribution in [0.1, 0.15) is 16.7 Å². The lowest BCUT2D eigenvalue weighted by atomic mass is 10.0. The Morgan fingerprint density at radius 2 is 1.97 bits per heavy atom. The second-order valence-electron chi connectivity index (χ2n) is 6.96. The summed E-state index contributed by atoms with van der Waals surface area (Å²) >= 11 is 3.38. The maximum atomic E-state index is 13.0. The molecule has 0 fully saturated rings. The van der Waals surface area contributed by atoms with Gasteiger partial charge in [-0.15, -0.1) is 0 Å². The summed E-state index contributed by atoms with van der Waals surface area (Å²) in [5, 5.41) is 10.5. The molecule has 2 aromatic carbocycles. The van der Waals surface area contributed by atoms with Crippen molar-refractivity contribution in [3.8, 4) is 11.3 Å². The predicted octanol–water partition coefficient (Wildman–Crippen LogP) is 4.27. The van der Waals surface area contributed by atoms with E-state index in [1.54, 1.807) is 18.3 Å². The molecule has 4 rings (SSSR count). The minimum Gasteiger partial charge on any atom is -0.392 e. The Hall–Kier alpha value is -2.52. The van der Waals surface area contributed by atoms with E-state index in [-0.39, 0.29) is 18.2 Å². The lowest BCUT2D eigenvalue weighted by Gasteiger charge is -2.11. The topological polar surface area (TPSA) is 95.1 Å². The van der Waals surface area contributed by atoms with Crippen LogP contribution in [0.25, 0.3) is 22.2 Å². The van der Waals surface area contributed by atoms with Crippen LogP contribution in [0.15, 0.2) is 70.3 Å². The zero-order chi connectivity index (χ0) is 21.3. The Morgan fingerprint density at radius 3 is 2.67 bits per heavy atom. The average molecular weight is 486 g/mol. The van der Waals surface area contributed by atoms with E-state index in [4.69, 9.17) is 0 Å². The summed E-state index contributed by atoms with van der Waals surface area (Å²) in [6.45, 7) is 1.70. The van der Waals surface area contributed by atoms with Crippen molar-refractivity contribution in [3.05, 3.63) is 82.0 Å². The van der Waals surface area contributed by atoms with Crippen molar-refractivity contribution in [1.29, 1.82) is 0 Å². The van der Waals surface area contributed by atoms with Gasteiger partial charge in [-0.3, -0.25) is 4.98 Å². The van der Waals surface area contributed by atoms with Gasteiger partial charge in [0.15, 0.2) is 5.03 Å². The average Bonchev–Trinajstić information content (AvgIpc) is 3.12. The largest absolute Gasteiger partial charge is 0.392 e. The summed E-state index contributed by atoms with van der Waals surface area (Å²) in [6, 6.07) is 16.9. The lowest BCUT2D eigenvalue weighted by molar-refractivity contribution is 0.280. The fourth-order valence-corrected chi connectivity index (χ4v) is 5.01. The number of aliphatic hydroxyl groups excluding tert-OH is 1. The van der Waals surface area contributed by atoms with Crippen molar-refractivity contribution in [3.63, 3.8) is 0 Å². The normalized spacial score (nSPS) is 11.8. The molecule has 3 N–H and O–H groups in total. The number of fused-ring (bicyclic) bond motifs is 1. The summed E-state index contributed by atoms with van der Waals surface area (Å²) < 4.78 is 29.4. The molecular formula is C22H20BrN3O3S. The molecule has 0 aliphatic rings. The molecule has 154 valence electrons. The molecule has 4 aromatic rings. The highest BCUT2D eigenvalue weighted by Gasteiger charge is 2.23. The van der Waals surface area contributed by atoms with Gasteiger partial charge in [-0.2, -0.15) is 0 Å². The Morgan fingerprint density at radius 1 is 1.13 bits per heavy atom. The van der Waals surface area contributed by atoms with Crippen LogP contribution in [0.5, 0.6) is 0 Å². The second kappa shape index (κ2) is 8.31. The van der Waals surface area contributed by atoms with E-state index in [0.717, 1.165) is 26.9 Å². The molecular weight excluding hydrogens is 466 g/mol. The molecule has 6 nitrogen and oxygen atoms in total. The van der Waals surface area contributed by atoms with Gasteiger partial charge in [0.25, 0.3) is 10.0 Å². The van der Waals surface area contributed by atoms with Crippen molar-refractivity contribution in [1.82, 2.24) is 14.7 Å². The maximum Gasteiger partial charge on any atom is 0.256 e. The fraction of sp³-hybridized carbons (Fsp3) is 0.136. The third-order valence-corrected chi connectivity index (χ3v) is 6.92. The summed E-state index contributed by atoms with van der Waals surface area (Å²) in [6.07, 6.45) is 1.74. The summed E-state index contributed by atoms with van der Waals surface area (Å²) in [4.78, 5) is 7.27. The van der Waals surface area contributed by atoms with Crippen molar-refractivity contribution >= 4 is 36.9 Å². The first-order valence-electron chi connectivity index (χ1n) is 9.30. The zero-order valence-electron chi connectivity index (χ0n) is 16.2. The van der Waals surface area contributed by atoms with E-state index in [9.17, 15) is 13.5 Å². The van der Waals surface area contributed by atoms with E-state index in [1.165, 1.54) is 0 Å². The number of aliphatic hydroxyl groups is 1. The second-order valence-corrected chi connectivity index (χ2v) is 9.58. The van der Waals surface area contributed by atoms with Gasteiger partial charge in [0.05, 0.1) is 12.3 Å². The number of nitrogens with one attached hydrogen (secondary N) is 2. The number of pyridine rings is 1. The van der Waals surface area contributed by atoms with E-state index in [2.05, 4.69) is 30.6 Å². The third kappa shape index (κ3) is 4.04. The fourth-order valence-electron chi connectivity index (χ4n) is 3.41. The van der Waals surface area contributed by atoms with Gasteiger partial charge in [0.1, 0.15) is 0 Å². The number of rotatable bonds is 6. The quantitative estimate of drug-likeness (QED) is 0.379. The molecule has 0 unspecified atom stereocenters. The summed E-state index contributed by atoms with van der Waals surface area (Å²) in [7, 11) is -3.85. The summed E-state index contributed by atoms with van der Waals surface area (Å²) in [5.41, 5.74) is 4.67. The van der Waals surface area contributed by atoms with E-state index in [0.29, 0.717) is 16.5 Å². The molecule has 0 saturated heterocycles. The number of hydrogen-bond acceptors (Lipinski definition) is 4. The van der Waals surface area contributed by atoms with Crippen LogP contribution in [0.2, 0.25) is 0 Å². The minimum absolute atomic E-state index is 0.0131. The van der Waals surface area contributed by atoms with Gasteiger partial charge in [0.2, 0.25) is 0 Å². The minimum atomic E-state index is -3.85. The van der Waals surface area contributed by atoms with Gasteiger partial charge >= 0.3 is 0 Å². The number of benzene rings is 2. The summed E-state index contributed by atoms with van der Waals surface area (Å²) in [5.74, 6) is 0. The zero-order valence-corrected chi connectivity index (χ0v) is 18.6. The molecule has 30 heavy (non-hydrogen) atoms. The molecule has 0 aliphatic carbocycles. The predicted molar refractivity (Wildman–Crippen MR) is 120 cm³/mol. The molecule has 0 amide bonds. The highest BCUT2D eigenvalue weighted by atomic mass is 79.9. The van der Waals surface area contributed by atoms with Crippen LogP contribution < -0.4 is 4.72 Å². The Kier molecular flexibility index (Phi) is 5.75. The van der Waals surface area contributed by atoms with Crippen molar-refractivity contribution in [2.24, 2.45) is 0 Å². The molecule has 0 bridgehead atoms. The van der Waals surface area contributed by atoms with Crippen LogP contribution in [-0.4, -0.2) is 23.5 Å². The van der Waals surface area contributed by atoms with Crippen LogP contribution in [-0.2, 0) is 23.2 Å². The number of halogens is 1. The SMILES string of the molecule is Cc1cc(-c2ccccn2)ccc1CNS(=O)(=O)c1[nH]c2ccc(Br)cc2c1CO. The van der Waals surface area contributed by atoms with Gasteiger partial charge in [-0.1, -0.05) is 34.1 Å². The number of aryl methyl sites for hydroxylation is 1. The molecule has 2 heterocycles. The Balaban J connectivity index is 1.60. The molecule has 0 aliphatic heterocycles. The smallest absolute Gasteiger partial charge is 0.256 e. The number of nitrogens with zero attached hydrogens (tertiary/aromatic N) is 1. The number of hydrogen-bond donors (Lipinski definition) is 3. The first kappa shape index (κ1) is 20.7. The van der Waals surface area contributed by atoms with Crippen LogP contribution in [0.3, 0.4) is 0 Å². The molecule has 0 atom stereocenters. The standard InChI is InChI=1S/C22H20BrN3O3S/c1-14-10-15(20-4-2-3-9-24-20)5-6-16(14)12-25-30(28,29)22-19(13-27)18-11-17(23)7-8-21(18)26-22/h2-11,25-27H,12-13H2,1H3. The van der Waals surface area contributed by atoms with Gasteiger partial charge < -0.3 is 10.1 Å². The Labute approximate surface area is 183 Å². The number of H-pyrrole nitrogens is 1. The van der Waals surface area contributed by atoms with Crippen LogP contribution >= 0.6 is 15.9 Å². The van der Waals surface area contributed by atoms with Gasteiger partial charge in [-0.05, 0) is 54.4 Å². The molecule has 0 spiro atoms. The van der Waals surface area contributed by atoms with Crippen molar-refractivity contribution in [2.75, 3.05) is 0 Å². The number of aromatic amines is 1. The molecule has 8 heteroatoms. The molecule has 0 radical (unpaired) electrons. The van der Waals surface area contributed by atoms with Crippen LogP contribution in [0.4, 0.5) is 0 Å². The molecule has 0 saturated carbocycles. The monoisotopic (exact) mass is 485 g/mol.